The fourth-order valence-electron chi connectivity index (χ4n) is 0. The van der Waals surface area contributed by atoms with Gasteiger partial charge in [0.2, 0.25) is 11.8 Å². The van der Waals surface area contributed by atoms with E-state index >= 15 is 0 Å². The van der Waals surface area contributed by atoms with Crippen LogP contribution in [0, 0.1) is 0 Å². The molecule has 0 aliphatic carbocycles. The van der Waals surface area contributed by atoms with E-state index < -0.39 is 0 Å². The summed E-state index contributed by atoms with van der Waals surface area (Å²) in [5, 5.41) is 0. The average molecular weight is 79.5 g/mol. The Balaban J connectivity index is 2.32. The molecule has 0 aromatic carbocycles. The molecule has 1 nitrogen and oxygen atoms in total. The largest absolute Gasteiger partial charge is 0.225 e. The number of hydrogen-bond acceptors (Lipinski definition) is 1. The van der Waals surface area contributed by atoms with Crippen molar-refractivity contribution in [2.45, 2.75) is 0 Å². The summed E-state index contributed by atoms with van der Waals surface area (Å²) in [4.78, 5) is 0. The maximum absolute atomic E-state index is 5.11. The van der Waals surface area contributed by atoms with Crippen molar-refractivity contribution in [2.24, 2.45) is 0 Å². The molecule has 0 rings (SSSR count). The Kier molecular flexibility index (Phi) is 1.66. The molecule has 0 aromatic heterocycles. The molecule has 0 unspecified atom stereocenters. The second kappa shape index (κ2) is 1.56. The molecule has 0 aliphatic heterocycles. The van der Waals surface area contributed by atoms with E-state index in [1.165, 1.54) is 4.42 Å². The van der Waals surface area contributed by atoms with Crippen LogP contribution < -0.4 is 4.42 Å². The molecule has 0 aliphatic rings. The molecular weight excluding hydrogens is 73.5 g/mol. The summed E-state index contributed by atoms with van der Waals surface area (Å²) in [6.45, 7) is 0. The molecule has 0 atom stereocenters. The van der Waals surface area contributed by atoms with Crippen molar-refractivity contribution in [3.05, 3.63) is 0 Å². The third-order valence-corrected chi connectivity index (χ3v) is 0. The molecule has 0 fully saturated rings. The van der Waals surface area contributed by atoms with E-state index in [9.17, 15) is 0 Å². The van der Waals surface area contributed by atoms with Crippen LogP contribution in [0.4, 0.5) is 0 Å². The van der Waals surface area contributed by atoms with Gasteiger partial charge in [-0.15, -0.1) is 0 Å². The van der Waals surface area contributed by atoms with Crippen molar-refractivity contribution < 1.29 is 0 Å². The van der Waals surface area contributed by atoms with Crippen LogP contribution in [-0.4, -0.2) is 14.1 Å². The van der Waals surface area contributed by atoms with Gasteiger partial charge in [-0.1, -0.05) is 4.42 Å². The molecule has 1 radical (unpaired) electrons. The zero-order valence-corrected chi connectivity index (χ0v) is 3.58. The van der Waals surface area contributed by atoms with E-state index in [0.717, 1.165) is 0 Å². The van der Waals surface area contributed by atoms with E-state index in [4.69, 9.17) is 11.8 Å². The molecule has 2 heteroatoms. The van der Waals surface area contributed by atoms with Gasteiger partial charge in [-0.2, -0.15) is 0 Å². The second-order valence-corrected chi connectivity index (χ2v) is 1.46. The minimum Gasteiger partial charge on any atom is -0.0636 e. The molecule has 25 valence electrons. The predicted octanol–water partition coefficient (Wildman–Crippen LogP) is 0.540. The number of nitrogens with zero attached hydrogens (tertiary/aromatic N) is 1. The maximum Gasteiger partial charge on any atom is 0.225 e. The quantitative estimate of drug-likeness (QED) is 0.374. The summed E-state index contributed by atoms with van der Waals surface area (Å²) in [7, 11) is 3.53. The molecule has 0 amide bonds. The lowest BCUT2D eigenvalue weighted by atomic mass is 11.3. The predicted molar refractivity (Wildman–Crippen MR) is 19.8 cm³/mol. The summed E-state index contributed by atoms with van der Waals surface area (Å²) in [5.41, 5.74) is 0. The van der Waals surface area contributed by atoms with E-state index in [1.807, 2.05) is 0 Å². The molecule has 0 spiro atoms. The van der Waals surface area contributed by atoms with Gasteiger partial charge in [0.05, 0.1) is 0 Å². The Hall–Kier alpha value is 0.250. The van der Waals surface area contributed by atoms with Gasteiger partial charge < -0.3 is 0 Å². The third kappa shape index (κ3) is 56.3. The normalized spacial score (nSPS) is 9.00. The van der Waals surface area contributed by atoms with Gasteiger partial charge in [0.1, 0.15) is 14.1 Å². The molecule has 0 saturated carbocycles. The zero-order chi connectivity index (χ0) is 3.58. The topological polar surface area (TPSA) is 5.90 Å². The Morgan fingerprint density at radius 3 is 1.50 bits per heavy atom. The summed E-state index contributed by atoms with van der Waals surface area (Å²) in [6, 6.07) is 0. The van der Waals surface area contributed by atoms with Gasteiger partial charge in [0.15, 0.2) is 0 Å². The highest BCUT2D eigenvalue weighted by Crippen LogP contribution is 1.65. The minimum atomic E-state index is 1.47. The zero-order valence-electron chi connectivity index (χ0n) is 2.83. The van der Waals surface area contributed by atoms with Crippen LogP contribution >= 0.6 is 11.8 Å². The van der Waals surface area contributed by atoms with Crippen LogP contribution in [0.5, 0.6) is 0 Å². The lowest BCUT2D eigenvalue weighted by Gasteiger charge is -1.69. The summed E-state index contributed by atoms with van der Waals surface area (Å²) < 4.78 is 1.47. The van der Waals surface area contributed by atoms with Gasteiger partial charge >= 0.3 is 0 Å². The fourth-order valence-corrected chi connectivity index (χ4v) is 0. The molecule has 0 N–H and O–H groups in total. The van der Waals surface area contributed by atoms with E-state index in [1.54, 1.807) is 14.1 Å². The first-order valence-electron chi connectivity index (χ1n) is 1.06. The molecule has 0 bridgehead atoms. The van der Waals surface area contributed by atoms with Gasteiger partial charge in [-0.3, -0.25) is 0 Å². The van der Waals surface area contributed by atoms with Crippen molar-refractivity contribution in [1.29, 1.82) is 0 Å². The van der Waals surface area contributed by atoms with Gasteiger partial charge in [0, 0.05) is 0 Å². The summed E-state index contributed by atoms with van der Waals surface area (Å²) in [6.07, 6.45) is 0. The van der Waals surface area contributed by atoms with Gasteiger partial charge in [-0.25, -0.2) is 0 Å². The van der Waals surface area contributed by atoms with Gasteiger partial charge in [-0.05, 0) is 0 Å². The highest BCUT2D eigenvalue weighted by atomic mass is 35.5. The SMILES string of the molecule is C[N+](C)Cl. The second-order valence-electron chi connectivity index (χ2n) is 0.785. The maximum atomic E-state index is 5.11. The molecule has 0 heterocycles. The molecular formula is C2H6ClN+. The molecule has 0 aromatic rings. The lowest BCUT2D eigenvalue weighted by molar-refractivity contribution is 0.871. The number of rotatable bonds is 0. The van der Waals surface area contributed by atoms with Crippen molar-refractivity contribution in [3.63, 3.8) is 0 Å². The average Bonchev–Trinajstić information content (AvgIpc) is 0.811. The van der Waals surface area contributed by atoms with Crippen molar-refractivity contribution in [2.75, 3.05) is 14.1 Å². The smallest absolute Gasteiger partial charge is 0.0636 e. The first-order valence-corrected chi connectivity index (χ1v) is 1.40. The van der Waals surface area contributed by atoms with Crippen molar-refractivity contribution >= 4 is 11.8 Å². The van der Waals surface area contributed by atoms with E-state index in [0.29, 0.717) is 0 Å². The minimum absolute atomic E-state index is 1.47. The Labute approximate surface area is 31.3 Å². The Morgan fingerprint density at radius 1 is 1.50 bits per heavy atom. The van der Waals surface area contributed by atoms with Crippen LogP contribution in [0.3, 0.4) is 0 Å². The first-order chi connectivity index (χ1) is 1.73. The monoisotopic (exact) mass is 79.0 g/mol. The summed E-state index contributed by atoms with van der Waals surface area (Å²) in [5.74, 6) is 0. The van der Waals surface area contributed by atoms with Crippen LogP contribution in [-0.2, 0) is 0 Å². The highest BCUT2D eigenvalue weighted by molar-refractivity contribution is 6.15. The summed E-state index contributed by atoms with van der Waals surface area (Å²) >= 11 is 5.11. The first kappa shape index (κ1) is 4.25. The Morgan fingerprint density at radius 2 is 1.50 bits per heavy atom. The van der Waals surface area contributed by atoms with Crippen LogP contribution in [0.2, 0.25) is 0 Å². The number of halogens is 1. The third-order valence-electron chi connectivity index (χ3n) is 0. The fraction of sp³-hybridized carbons (Fsp3) is 1.00. The Bertz CT molecular complexity index is 10.8. The van der Waals surface area contributed by atoms with Crippen molar-refractivity contribution in [3.8, 4) is 0 Å². The molecule has 0 saturated heterocycles. The van der Waals surface area contributed by atoms with E-state index in [2.05, 4.69) is 0 Å². The highest BCUT2D eigenvalue weighted by Gasteiger charge is 1.79. The van der Waals surface area contributed by atoms with Crippen LogP contribution in [0.1, 0.15) is 0 Å². The van der Waals surface area contributed by atoms with Crippen molar-refractivity contribution in [1.82, 2.24) is 4.42 Å². The van der Waals surface area contributed by atoms with Crippen LogP contribution in [0.25, 0.3) is 0 Å². The van der Waals surface area contributed by atoms with Gasteiger partial charge in [0.25, 0.3) is 0 Å². The number of hydrogen-bond donors (Lipinski definition) is 0. The lowest BCUT2D eigenvalue weighted by Crippen LogP contribution is -1.98. The van der Waals surface area contributed by atoms with E-state index in [-0.39, 0.29) is 0 Å². The molecule has 4 heavy (non-hydrogen) atoms. The standard InChI is InChI=1S/C2H6ClN/c1-4(2)3/h1-2H3/q+1. The van der Waals surface area contributed by atoms with Crippen LogP contribution in [0.15, 0.2) is 0 Å².